The molecular formula is C34H40N2O6S. The van der Waals surface area contributed by atoms with Gasteiger partial charge in [0, 0.05) is 16.6 Å². The maximum atomic E-state index is 14.0. The smallest absolute Gasteiger partial charge is 0.421 e. The first-order chi connectivity index (χ1) is 20.4. The van der Waals surface area contributed by atoms with Crippen LogP contribution in [-0.4, -0.2) is 44.6 Å². The summed E-state index contributed by atoms with van der Waals surface area (Å²) in [4.78, 5) is 41.0. The van der Waals surface area contributed by atoms with E-state index in [1.165, 1.54) is 65.1 Å². The number of carbonyl (C=O) groups excluding carboxylic acids is 2. The Bertz CT molecular complexity index is 1430. The van der Waals surface area contributed by atoms with Crippen molar-refractivity contribution in [3.8, 4) is 5.75 Å². The van der Waals surface area contributed by atoms with Gasteiger partial charge in [-0.25, -0.2) is 13.9 Å². The Hall–Kier alpha value is -3.98. The number of aromatic carboxylic acids is 1. The van der Waals surface area contributed by atoms with Crippen LogP contribution in [0.25, 0.3) is 0 Å². The van der Waals surface area contributed by atoms with Gasteiger partial charge in [0.25, 0.3) is 0 Å². The molecule has 0 unspecified atom stereocenters. The molecule has 9 heteroatoms. The quantitative estimate of drug-likeness (QED) is 0.239. The fraction of sp³-hybridized carbons (Fsp3) is 0.382. The molecule has 1 aliphatic carbocycles. The highest BCUT2D eigenvalue weighted by Crippen LogP contribution is 2.33. The average molecular weight is 605 g/mol. The maximum absolute atomic E-state index is 14.0. The highest BCUT2D eigenvalue weighted by molar-refractivity contribution is 7.97. The largest absolute Gasteiger partial charge is 0.507 e. The zero-order chi connectivity index (χ0) is 31.1. The molecule has 0 bridgehead atoms. The van der Waals surface area contributed by atoms with Crippen molar-refractivity contribution in [1.82, 2.24) is 4.31 Å². The molecule has 3 aromatic rings. The lowest BCUT2D eigenvalue weighted by Gasteiger charge is -2.29. The van der Waals surface area contributed by atoms with Crippen LogP contribution in [0.4, 0.5) is 10.5 Å². The zero-order valence-corrected chi connectivity index (χ0v) is 26.0. The Balaban J connectivity index is 1.63. The van der Waals surface area contributed by atoms with E-state index in [9.17, 15) is 24.6 Å². The Morgan fingerprint density at radius 3 is 2.16 bits per heavy atom. The van der Waals surface area contributed by atoms with Crippen LogP contribution in [0.3, 0.4) is 0 Å². The minimum absolute atomic E-state index is 0.160. The number of phenols is 1. The van der Waals surface area contributed by atoms with Gasteiger partial charge in [0.05, 0.1) is 6.54 Å². The first-order valence-corrected chi connectivity index (χ1v) is 15.4. The van der Waals surface area contributed by atoms with Crippen LogP contribution in [0.5, 0.6) is 5.75 Å². The van der Waals surface area contributed by atoms with Crippen LogP contribution in [0.2, 0.25) is 0 Å². The van der Waals surface area contributed by atoms with Crippen LogP contribution < -0.4 is 4.90 Å². The summed E-state index contributed by atoms with van der Waals surface area (Å²) < 4.78 is 6.90. The molecule has 0 spiro atoms. The van der Waals surface area contributed by atoms with Gasteiger partial charge in [-0.05, 0) is 93.8 Å². The van der Waals surface area contributed by atoms with Crippen molar-refractivity contribution in [3.05, 3.63) is 89.0 Å². The summed E-state index contributed by atoms with van der Waals surface area (Å²) in [5, 5.41) is 19.8. The van der Waals surface area contributed by atoms with E-state index < -0.39 is 29.3 Å². The summed E-state index contributed by atoms with van der Waals surface area (Å²) in [7, 11) is 0. The standard InChI is InChI=1S/C34H40N2O6S/c1-23-10-17-28(18-11-23)43-36(33(41)42-34(2,3)4)22-31(38)35(27-16-19-29(32(39)40)30(37)20-27)21-24-12-14-26(15-13-24)25-8-6-5-7-9-25/h10-20,25,37H,5-9,21-22H2,1-4H3,(H,39,40). The summed E-state index contributed by atoms with van der Waals surface area (Å²) in [6.07, 6.45) is 5.45. The Morgan fingerprint density at radius 2 is 1.58 bits per heavy atom. The third-order valence-corrected chi connectivity index (χ3v) is 8.32. The number of hydrogen-bond donors (Lipinski definition) is 2. The number of carboxylic acids is 1. The maximum Gasteiger partial charge on any atom is 0.421 e. The molecule has 8 nitrogen and oxygen atoms in total. The van der Waals surface area contributed by atoms with Crippen LogP contribution in [0.1, 0.15) is 85.8 Å². The van der Waals surface area contributed by atoms with Crippen molar-refractivity contribution in [2.45, 2.75) is 82.8 Å². The molecule has 3 aromatic carbocycles. The SMILES string of the molecule is Cc1ccc(SN(CC(=O)N(Cc2ccc(C3CCCCC3)cc2)c2ccc(C(=O)O)c(O)c2)C(=O)OC(C)(C)C)cc1. The number of anilines is 1. The van der Waals surface area contributed by atoms with Crippen molar-refractivity contribution in [2.24, 2.45) is 0 Å². The molecule has 1 aliphatic rings. The monoisotopic (exact) mass is 604 g/mol. The number of hydrogen-bond acceptors (Lipinski definition) is 6. The normalized spacial score (nSPS) is 13.8. The molecule has 228 valence electrons. The van der Waals surface area contributed by atoms with Gasteiger partial charge in [0.2, 0.25) is 5.91 Å². The van der Waals surface area contributed by atoms with Crippen molar-refractivity contribution in [2.75, 3.05) is 11.4 Å². The van der Waals surface area contributed by atoms with E-state index in [1.807, 2.05) is 43.3 Å². The van der Waals surface area contributed by atoms with Crippen LogP contribution in [0.15, 0.2) is 71.6 Å². The number of carbonyl (C=O) groups is 3. The highest BCUT2D eigenvalue weighted by Gasteiger charge is 2.28. The van der Waals surface area contributed by atoms with E-state index in [2.05, 4.69) is 12.1 Å². The summed E-state index contributed by atoms with van der Waals surface area (Å²) in [6, 6.07) is 19.8. The van der Waals surface area contributed by atoms with Crippen LogP contribution in [-0.2, 0) is 16.1 Å². The lowest BCUT2D eigenvalue weighted by atomic mass is 9.84. The number of aryl methyl sites for hydroxylation is 1. The van der Waals surface area contributed by atoms with Gasteiger partial charge in [0.15, 0.2) is 0 Å². The minimum atomic E-state index is -1.27. The van der Waals surface area contributed by atoms with E-state index >= 15 is 0 Å². The molecular weight excluding hydrogens is 564 g/mol. The van der Waals surface area contributed by atoms with E-state index in [0.717, 1.165) is 28.0 Å². The van der Waals surface area contributed by atoms with Gasteiger partial charge in [0.1, 0.15) is 23.5 Å². The van der Waals surface area contributed by atoms with Gasteiger partial charge in [-0.1, -0.05) is 61.2 Å². The second-order valence-corrected chi connectivity index (χ2v) is 13.1. The predicted molar refractivity (Wildman–Crippen MR) is 169 cm³/mol. The molecule has 4 rings (SSSR count). The topological polar surface area (TPSA) is 107 Å². The first kappa shape index (κ1) is 31.9. The number of aromatic hydroxyl groups is 1. The summed E-state index contributed by atoms with van der Waals surface area (Å²) in [5.74, 6) is -1.61. The first-order valence-electron chi connectivity index (χ1n) is 14.6. The highest BCUT2D eigenvalue weighted by atomic mass is 32.2. The van der Waals surface area contributed by atoms with E-state index in [4.69, 9.17) is 4.74 Å². The summed E-state index contributed by atoms with van der Waals surface area (Å²) >= 11 is 1.10. The summed E-state index contributed by atoms with van der Waals surface area (Å²) in [6.45, 7) is 7.09. The number of carboxylic acid groups (broad SMARTS) is 1. The predicted octanol–water partition coefficient (Wildman–Crippen LogP) is 7.92. The van der Waals surface area contributed by atoms with Gasteiger partial charge >= 0.3 is 12.1 Å². The van der Waals surface area contributed by atoms with Crippen LogP contribution >= 0.6 is 11.9 Å². The molecule has 0 radical (unpaired) electrons. The van der Waals surface area contributed by atoms with Crippen LogP contribution in [0, 0.1) is 6.92 Å². The molecule has 0 aromatic heterocycles. The van der Waals surface area contributed by atoms with E-state index in [-0.39, 0.29) is 18.7 Å². The minimum Gasteiger partial charge on any atom is -0.507 e. The number of rotatable bonds is 9. The molecule has 1 saturated carbocycles. The number of nitrogens with zero attached hydrogens (tertiary/aromatic N) is 2. The molecule has 0 atom stereocenters. The number of amides is 2. The lowest BCUT2D eigenvalue weighted by molar-refractivity contribution is -0.118. The molecule has 2 N–H and O–H groups in total. The lowest BCUT2D eigenvalue weighted by Crippen LogP contribution is -2.41. The molecule has 2 amide bonds. The van der Waals surface area contributed by atoms with Gasteiger partial charge in [-0.2, -0.15) is 0 Å². The van der Waals surface area contributed by atoms with Crippen molar-refractivity contribution in [1.29, 1.82) is 0 Å². The fourth-order valence-corrected chi connectivity index (χ4v) is 5.89. The number of ether oxygens (including phenoxy) is 1. The molecule has 0 heterocycles. The Kier molecular flexibility index (Phi) is 10.4. The molecule has 0 aliphatic heterocycles. The second kappa shape index (κ2) is 14.0. The van der Waals surface area contributed by atoms with E-state index in [1.54, 1.807) is 20.8 Å². The fourth-order valence-electron chi connectivity index (χ4n) is 5.09. The van der Waals surface area contributed by atoms with Gasteiger partial charge in [-0.3, -0.25) is 4.79 Å². The molecule has 0 saturated heterocycles. The van der Waals surface area contributed by atoms with Crippen molar-refractivity contribution >= 4 is 35.6 Å². The molecule has 43 heavy (non-hydrogen) atoms. The Morgan fingerprint density at radius 1 is 0.930 bits per heavy atom. The van der Waals surface area contributed by atoms with Gasteiger partial charge < -0.3 is 19.8 Å². The van der Waals surface area contributed by atoms with Crippen molar-refractivity contribution < 1.29 is 29.3 Å². The zero-order valence-electron chi connectivity index (χ0n) is 25.2. The third kappa shape index (κ3) is 9.00. The average Bonchev–Trinajstić information content (AvgIpc) is 2.96. The Labute approximate surface area is 257 Å². The van der Waals surface area contributed by atoms with Crippen molar-refractivity contribution in [3.63, 3.8) is 0 Å². The third-order valence-electron chi connectivity index (χ3n) is 7.33. The summed E-state index contributed by atoms with van der Waals surface area (Å²) in [5.41, 5.74) is 2.49. The van der Waals surface area contributed by atoms with Gasteiger partial charge in [-0.15, -0.1) is 0 Å². The van der Waals surface area contributed by atoms with E-state index in [0.29, 0.717) is 11.6 Å². The molecule has 1 fully saturated rings. The number of benzene rings is 3. The second-order valence-electron chi connectivity index (χ2n) is 12.0.